The maximum atomic E-state index is 12.4. The first-order chi connectivity index (χ1) is 12.8. The Balaban J connectivity index is 1.75. The summed E-state index contributed by atoms with van der Waals surface area (Å²) in [7, 11) is 3.31. The highest BCUT2D eigenvalue weighted by Gasteiger charge is 2.18. The van der Waals surface area contributed by atoms with Crippen molar-refractivity contribution in [2.24, 2.45) is 0 Å². The van der Waals surface area contributed by atoms with E-state index in [1.54, 1.807) is 44.4 Å². The van der Waals surface area contributed by atoms with Gasteiger partial charge in [-0.15, -0.1) is 0 Å². The van der Waals surface area contributed by atoms with Gasteiger partial charge in [0.1, 0.15) is 13.2 Å². The molecule has 1 N–H and O–H groups in total. The van der Waals surface area contributed by atoms with Crippen LogP contribution in [0.1, 0.15) is 15.9 Å². The van der Waals surface area contributed by atoms with E-state index in [1.165, 1.54) is 4.90 Å². The van der Waals surface area contributed by atoms with Crippen molar-refractivity contribution in [1.82, 2.24) is 4.90 Å². The summed E-state index contributed by atoms with van der Waals surface area (Å²) >= 11 is 12.4. The standard InChI is InChI=1S/C19H18Cl2N2O4/c1-23(2)19(25)12-3-4-13(20)15(10-12)22-17(24)9-11-7-14(21)18-16(8-11)26-5-6-27-18/h3-4,7-8,10H,5-6,9H2,1-2H3,(H,22,24). The van der Waals surface area contributed by atoms with Crippen LogP contribution in [0.25, 0.3) is 0 Å². The molecular formula is C19H18Cl2N2O4. The van der Waals surface area contributed by atoms with Gasteiger partial charge in [0.05, 0.1) is 22.2 Å². The van der Waals surface area contributed by atoms with Crippen LogP contribution in [0.5, 0.6) is 11.5 Å². The van der Waals surface area contributed by atoms with Crippen LogP contribution in [0.15, 0.2) is 30.3 Å². The molecule has 6 nitrogen and oxygen atoms in total. The molecule has 0 radical (unpaired) electrons. The van der Waals surface area contributed by atoms with Crippen molar-refractivity contribution < 1.29 is 19.1 Å². The zero-order valence-corrected chi connectivity index (χ0v) is 16.4. The second kappa shape index (κ2) is 8.06. The second-order valence-electron chi connectivity index (χ2n) is 6.22. The van der Waals surface area contributed by atoms with Crippen molar-refractivity contribution in [3.63, 3.8) is 0 Å². The van der Waals surface area contributed by atoms with E-state index < -0.39 is 0 Å². The van der Waals surface area contributed by atoms with E-state index in [2.05, 4.69) is 5.32 Å². The molecule has 0 saturated carbocycles. The van der Waals surface area contributed by atoms with E-state index >= 15 is 0 Å². The number of carbonyl (C=O) groups is 2. The van der Waals surface area contributed by atoms with Crippen LogP contribution in [0, 0.1) is 0 Å². The minimum absolute atomic E-state index is 0.0680. The quantitative estimate of drug-likeness (QED) is 0.837. The van der Waals surface area contributed by atoms with Gasteiger partial charge in [0.2, 0.25) is 5.91 Å². The third-order valence-electron chi connectivity index (χ3n) is 3.91. The normalized spacial score (nSPS) is 12.4. The maximum Gasteiger partial charge on any atom is 0.253 e. The molecule has 0 unspecified atom stereocenters. The molecule has 142 valence electrons. The number of nitrogens with zero attached hydrogens (tertiary/aromatic N) is 1. The van der Waals surface area contributed by atoms with Crippen molar-refractivity contribution in [3.8, 4) is 11.5 Å². The molecule has 1 aliphatic heterocycles. The Kier molecular flexibility index (Phi) is 5.77. The highest BCUT2D eigenvalue weighted by molar-refractivity contribution is 6.34. The molecule has 0 fully saturated rings. The maximum absolute atomic E-state index is 12.4. The van der Waals surface area contributed by atoms with Crippen LogP contribution >= 0.6 is 23.2 Å². The van der Waals surface area contributed by atoms with E-state index in [0.717, 1.165) is 0 Å². The predicted molar refractivity (Wildman–Crippen MR) is 104 cm³/mol. The smallest absolute Gasteiger partial charge is 0.253 e. The van der Waals surface area contributed by atoms with Crippen molar-refractivity contribution in [1.29, 1.82) is 0 Å². The van der Waals surface area contributed by atoms with Gasteiger partial charge in [-0.1, -0.05) is 23.2 Å². The molecule has 2 aromatic carbocycles. The fourth-order valence-electron chi connectivity index (χ4n) is 2.66. The third-order valence-corrected chi connectivity index (χ3v) is 4.53. The Morgan fingerprint density at radius 1 is 1.07 bits per heavy atom. The monoisotopic (exact) mass is 408 g/mol. The largest absolute Gasteiger partial charge is 0.486 e. The molecule has 27 heavy (non-hydrogen) atoms. The molecule has 0 bridgehead atoms. The molecule has 8 heteroatoms. The van der Waals surface area contributed by atoms with E-state index in [9.17, 15) is 9.59 Å². The summed E-state index contributed by atoms with van der Waals surface area (Å²) in [6.07, 6.45) is 0.0680. The summed E-state index contributed by atoms with van der Waals surface area (Å²) in [4.78, 5) is 26.0. The molecule has 0 atom stereocenters. The number of hydrogen-bond acceptors (Lipinski definition) is 4. The highest BCUT2D eigenvalue weighted by atomic mass is 35.5. The van der Waals surface area contributed by atoms with Gasteiger partial charge in [-0.2, -0.15) is 0 Å². The zero-order chi connectivity index (χ0) is 19.6. The SMILES string of the molecule is CN(C)C(=O)c1ccc(Cl)c(NC(=O)Cc2cc(Cl)c3c(c2)OCCO3)c1. The number of nitrogens with one attached hydrogen (secondary N) is 1. The fourth-order valence-corrected chi connectivity index (χ4v) is 3.11. The summed E-state index contributed by atoms with van der Waals surface area (Å²) in [5.41, 5.74) is 1.48. The van der Waals surface area contributed by atoms with E-state index in [0.29, 0.717) is 51.6 Å². The van der Waals surface area contributed by atoms with Crippen LogP contribution < -0.4 is 14.8 Å². The first kappa shape index (κ1) is 19.3. The van der Waals surface area contributed by atoms with Gasteiger partial charge >= 0.3 is 0 Å². The molecule has 1 heterocycles. The van der Waals surface area contributed by atoms with Crippen LogP contribution in [0.3, 0.4) is 0 Å². The number of carbonyl (C=O) groups excluding carboxylic acids is 2. The van der Waals surface area contributed by atoms with Crippen molar-refractivity contribution >= 4 is 40.7 Å². The van der Waals surface area contributed by atoms with Crippen LogP contribution in [-0.4, -0.2) is 44.0 Å². The molecule has 0 spiro atoms. The summed E-state index contributed by atoms with van der Waals surface area (Å²) in [6.45, 7) is 0.869. The lowest BCUT2D eigenvalue weighted by Crippen LogP contribution is -2.22. The molecule has 2 amide bonds. The number of ether oxygens (including phenoxy) is 2. The Labute approximate surface area is 167 Å². The Morgan fingerprint density at radius 3 is 2.56 bits per heavy atom. The van der Waals surface area contributed by atoms with Gasteiger partial charge in [0.15, 0.2) is 11.5 Å². The number of benzene rings is 2. The highest BCUT2D eigenvalue weighted by Crippen LogP contribution is 2.38. The van der Waals surface area contributed by atoms with Crippen LogP contribution in [0.2, 0.25) is 10.0 Å². The second-order valence-corrected chi connectivity index (χ2v) is 7.04. The minimum atomic E-state index is -0.293. The van der Waals surface area contributed by atoms with Gasteiger partial charge in [-0.25, -0.2) is 0 Å². The molecule has 3 rings (SSSR count). The number of rotatable bonds is 4. The topological polar surface area (TPSA) is 67.9 Å². The lowest BCUT2D eigenvalue weighted by Gasteiger charge is -2.20. The average molecular weight is 409 g/mol. The molecule has 2 aromatic rings. The number of anilines is 1. The summed E-state index contributed by atoms with van der Waals surface area (Å²) in [5.74, 6) is 0.540. The van der Waals surface area contributed by atoms with Gasteiger partial charge < -0.3 is 19.7 Å². The number of amides is 2. The lowest BCUT2D eigenvalue weighted by molar-refractivity contribution is -0.115. The Morgan fingerprint density at radius 2 is 1.81 bits per heavy atom. The van der Waals surface area contributed by atoms with Crippen molar-refractivity contribution in [2.75, 3.05) is 32.6 Å². The molecular weight excluding hydrogens is 391 g/mol. The molecule has 0 aromatic heterocycles. The summed E-state index contributed by atoms with van der Waals surface area (Å²) < 4.78 is 11.0. The summed E-state index contributed by atoms with van der Waals surface area (Å²) in [5, 5.41) is 3.48. The van der Waals surface area contributed by atoms with E-state index in [1.807, 2.05) is 0 Å². The lowest BCUT2D eigenvalue weighted by atomic mass is 10.1. The van der Waals surface area contributed by atoms with Gasteiger partial charge in [-0.05, 0) is 35.9 Å². The average Bonchev–Trinajstić information content (AvgIpc) is 2.63. The van der Waals surface area contributed by atoms with Crippen molar-refractivity contribution in [3.05, 3.63) is 51.5 Å². The number of fused-ring (bicyclic) bond motifs is 1. The van der Waals surface area contributed by atoms with Crippen molar-refractivity contribution in [2.45, 2.75) is 6.42 Å². The van der Waals surface area contributed by atoms with Gasteiger partial charge in [-0.3, -0.25) is 9.59 Å². The van der Waals surface area contributed by atoms with Crippen LogP contribution in [-0.2, 0) is 11.2 Å². The Hall–Kier alpha value is -2.44. The Bertz CT molecular complexity index is 900. The molecule has 1 aliphatic rings. The minimum Gasteiger partial charge on any atom is -0.486 e. The first-order valence-electron chi connectivity index (χ1n) is 8.24. The van der Waals surface area contributed by atoms with Gasteiger partial charge in [0, 0.05) is 19.7 Å². The van der Waals surface area contributed by atoms with E-state index in [-0.39, 0.29) is 18.2 Å². The number of hydrogen-bond donors (Lipinski definition) is 1. The first-order valence-corrected chi connectivity index (χ1v) is 9.00. The van der Waals surface area contributed by atoms with Gasteiger partial charge in [0.25, 0.3) is 5.91 Å². The fraction of sp³-hybridized carbons (Fsp3) is 0.263. The molecule has 0 saturated heterocycles. The van der Waals surface area contributed by atoms with Crippen LogP contribution in [0.4, 0.5) is 5.69 Å². The third kappa shape index (κ3) is 4.46. The molecule has 0 aliphatic carbocycles. The predicted octanol–water partition coefficient (Wildman–Crippen LogP) is 3.65. The zero-order valence-electron chi connectivity index (χ0n) is 14.8. The summed E-state index contributed by atoms with van der Waals surface area (Å²) in [6, 6.07) is 8.14. The van der Waals surface area contributed by atoms with E-state index in [4.69, 9.17) is 32.7 Å². The number of halogens is 2.